The Morgan fingerprint density at radius 2 is 1.95 bits per heavy atom. The minimum absolute atomic E-state index is 0.345. The molecule has 1 aromatic rings. The van der Waals surface area contributed by atoms with Gasteiger partial charge in [-0.1, -0.05) is 13.8 Å². The van der Waals surface area contributed by atoms with E-state index in [-0.39, 0.29) is 0 Å². The van der Waals surface area contributed by atoms with Crippen LogP contribution in [-0.2, 0) is 15.9 Å². The maximum atomic E-state index is 5.44. The van der Waals surface area contributed by atoms with Crippen molar-refractivity contribution < 1.29 is 9.47 Å². The number of methoxy groups -OCH3 is 1. The number of nitrogens with zero attached hydrogens (tertiary/aromatic N) is 2. The monoisotopic (exact) mass is 331 g/mol. The van der Waals surface area contributed by atoms with Crippen molar-refractivity contribution >= 4 is 21.7 Å². The number of rotatable bonds is 8. The molecule has 0 saturated heterocycles. The first-order valence-corrected chi connectivity index (χ1v) is 7.20. The van der Waals surface area contributed by atoms with Gasteiger partial charge in [0.1, 0.15) is 11.6 Å². The molecule has 0 spiro atoms. The first-order chi connectivity index (χ1) is 9.10. The quantitative estimate of drug-likeness (QED) is 0.742. The molecule has 0 atom stereocenters. The number of hydrogen-bond acceptors (Lipinski definition) is 5. The first-order valence-electron chi connectivity index (χ1n) is 6.40. The average molecular weight is 332 g/mol. The standard InChI is InChI=1S/C13H22BrN3O2/c1-9(2)12-11(14)13(15-3)17-10(16-12)5-6-19-8-7-18-4/h9H,5-8H2,1-4H3,(H,15,16,17). The fourth-order valence-corrected chi connectivity index (χ4v) is 2.41. The van der Waals surface area contributed by atoms with E-state index in [0.717, 1.165) is 21.8 Å². The van der Waals surface area contributed by atoms with Crippen LogP contribution in [-0.4, -0.2) is 43.9 Å². The second-order valence-corrected chi connectivity index (χ2v) is 5.24. The van der Waals surface area contributed by atoms with Crippen molar-refractivity contribution in [1.29, 1.82) is 0 Å². The largest absolute Gasteiger partial charge is 0.382 e. The zero-order valence-corrected chi connectivity index (χ0v) is 13.6. The van der Waals surface area contributed by atoms with Crippen LogP contribution in [0.4, 0.5) is 5.82 Å². The minimum atomic E-state index is 0.345. The van der Waals surface area contributed by atoms with Gasteiger partial charge in [0.05, 0.1) is 30.0 Å². The highest BCUT2D eigenvalue weighted by atomic mass is 79.9. The Morgan fingerprint density at radius 3 is 2.53 bits per heavy atom. The highest BCUT2D eigenvalue weighted by Crippen LogP contribution is 2.28. The van der Waals surface area contributed by atoms with Gasteiger partial charge in [-0.2, -0.15) is 0 Å². The lowest BCUT2D eigenvalue weighted by molar-refractivity contribution is 0.0716. The van der Waals surface area contributed by atoms with Gasteiger partial charge in [-0.05, 0) is 21.8 Å². The van der Waals surface area contributed by atoms with Gasteiger partial charge in [-0.3, -0.25) is 0 Å². The third kappa shape index (κ3) is 5.04. The summed E-state index contributed by atoms with van der Waals surface area (Å²) in [5.41, 5.74) is 1.02. The molecule has 0 fully saturated rings. The van der Waals surface area contributed by atoms with Crippen molar-refractivity contribution in [2.75, 3.05) is 39.3 Å². The van der Waals surface area contributed by atoms with Gasteiger partial charge in [0, 0.05) is 20.6 Å². The van der Waals surface area contributed by atoms with Crippen LogP contribution in [0.3, 0.4) is 0 Å². The fourth-order valence-electron chi connectivity index (χ4n) is 1.58. The summed E-state index contributed by atoms with van der Waals surface area (Å²) in [5, 5.41) is 3.08. The topological polar surface area (TPSA) is 56.3 Å². The summed E-state index contributed by atoms with van der Waals surface area (Å²) in [7, 11) is 3.52. The Labute approximate surface area is 123 Å². The number of hydrogen-bond donors (Lipinski definition) is 1. The van der Waals surface area contributed by atoms with E-state index >= 15 is 0 Å². The lowest BCUT2D eigenvalue weighted by atomic mass is 10.1. The number of nitrogens with one attached hydrogen (secondary N) is 1. The van der Waals surface area contributed by atoms with Crippen molar-refractivity contribution in [3.63, 3.8) is 0 Å². The predicted molar refractivity (Wildman–Crippen MR) is 79.8 cm³/mol. The van der Waals surface area contributed by atoms with E-state index in [1.54, 1.807) is 7.11 Å². The Morgan fingerprint density at radius 1 is 1.21 bits per heavy atom. The van der Waals surface area contributed by atoms with Crippen molar-refractivity contribution in [1.82, 2.24) is 9.97 Å². The number of aromatic nitrogens is 2. The van der Waals surface area contributed by atoms with E-state index < -0.39 is 0 Å². The highest BCUT2D eigenvalue weighted by Gasteiger charge is 2.13. The molecule has 1 aromatic heterocycles. The summed E-state index contributed by atoms with van der Waals surface area (Å²) in [5.74, 6) is 1.97. The maximum Gasteiger partial charge on any atom is 0.144 e. The SMILES string of the molecule is CNc1nc(CCOCCOC)nc(C(C)C)c1Br. The first kappa shape index (κ1) is 16.3. The molecule has 5 nitrogen and oxygen atoms in total. The van der Waals surface area contributed by atoms with Crippen LogP contribution in [0.2, 0.25) is 0 Å². The second kappa shape index (κ2) is 8.45. The van der Waals surface area contributed by atoms with E-state index in [1.165, 1.54) is 0 Å². The zero-order valence-electron chi connectivity index (χ0n) is 12.0. The van der Waals surface area contributed by atoms with Gasteiger partial charge >= 0.3 is 0 Å². The molecule has 0 amide bonds. The Balaban J connectivity index is 2.70. The molecule has 0 aromatic carbocycles. The van der Waals surface area contributed by atoms with Crippen molar-refractivity contribution in [3.8, 4) is 0 Å². The molecule has 0 aliphatic rings. The molecule has 0 aliphatic carbocycles. The maximum absolute atomic E-state index is 5.44. The normalized spacial score (nSPS) is 11.1. The third-order valence-electron chi connectivity index (χ3n) is 2.61. The molecule has 19 heavy (non-hydrogen) atoms. The Hall–Kier alpha value is -0.720. The molecule has 6 heteroatoms. The lowest BCUT2D eigenvalue weighted by Crippen LogP contribution is -2.10. The molecule has 1 heterocycles. The molecule has 1 N–H and O–H groups in total. The van der Waals surface area contributed by atoms with Crippen LogP contribution in [0.5, 0.6) is 0 Å². The van der Waals surface area contributed by atoms with Gasteiger partial charge < -0.3 is 14.8 Å². The highest BCUT2D eigenvalue weighted by molar-refractivity contribution is 9.10. The smallest absolute Gasteiger partial charge is 0.144 e. The van der Waals surface area contributed by atoms with Crippen LogP contribution >= 0.6 is 15.9 Å². The van der Waals surface area contributed by atoms with Gasteiger partial charge in [-0.15, -0.1) is 0 Å². The fraction of sp³-hybridized carbons (Fsp3) is 0.692. The zero-order chi connectivity index (χ0) is 14.3. The van der Waals surface area contributed by atoms with Crippen LogP contribution in [0, 0.1) is 0 Å². The Bertz CT molecular complexity index is 400. The molecule has 0 radical (unpaired) electrons. The van der Waals surface area contributed by atoms with Crippen molar-refractivity contribution in [3.05, 3.63) is 16.0 Å². The number of anilines is 1. The van der Waals surface area contributed by atoms with Crippen LogP contribution in [0.1, 0.15) is 31.3 Å². The predicted octanol–water partition coefficient (Wildman–Crippen LogP) is 2.61. The van der Waals surface area contributed by atoms with Crippen molar-refractivity contribution in [2.45, 2.75) is 26.2 Å². The summed E-state index contributed by atoms with van der Waals surface area (Å²) < 4.78 is 11.3. The van der Waals surface area contributed by atoms with Crippen LogP contribution in [0.25, 0.3) is 0 Å². The van der Waals surface area contributed by atoms with Crippen LogP contribution < -0.4 is 5.32 Å². The molecular weight excluding hydrogens is 310 g/mol. The summed E-state index contributed by atoms with van der Waals surface area (Å²) in [4.78, 5) is 9.06. The average Bonchev–Trinajstić information content (AvgIpc) is 2.39. The second-order valence-electron chi connectivity index (χ2n) is 4.45. The summed E-state index contributed by atoms with van der Waals surface area (Å²) in [6.45, 7) is 6.05. The van der Waals surface area contributed by atoms with Crippen molar-refractivity contribution in [2.24, 2.45) is 0 Å². The van der Waals surface area contributed by atoms with E-state index in [9.17, 15) is 0 Å². The molecule has 0 unspecified atom stereocenters. The molecular formula is C13H22BrN3O2. The summed E-state index contributed by atoms with van der Waals surface area (Å²) >= 11 is 3.54. The van der Waals surface area contributed by atoms with Gasteiger partial charge in [0.15, 0.2) is 0 Å². The van der Waals surface area contributed by atoms with E-state index in [4.69, 9.17) is 9.47 Å². The number of halogens is 1. The third-order valence-corrected chi connectivity index (χ3v) is 3.39. The van der Waals surface area contributed by atoms with E-state index in [0.29, 0.717) is 32.2 Å². The number of ether oxygens (including phenoxy) is 2. The van der Waals surface area contributed by atoms with Gasteiger partial charge in [-0.25, -0.2) is 9.97 Å². The molecule has 0 bridgehead atoms. The van der Waals surface area contributed by atoms with Gasteiger partial charge in [0.2, 0.25) is 0 Å². The molecule has 0 aliphatic heterocycles. The summed E-state index contributed by atoms with van der Waals surface area (Å²) in [6.07, 6.45) is 0.700. The lowest BCUT2D eigenvalue weighted by Gasteiger charge is -2.13. The van der Waals surface area contributed by atoms with Gasteiger partial charge in [0.25, 0.3) is 0 Å². The molecule has 0 saturated carbocycles. The summed E-state index contributed by atoms with van der Waals surface area (Å²) in [6, 6.07) is 0. The van der Waals surface area contributed by atoms with E-state index in [2.05, 4.69) is 45.1 Å². The van der Waals surface area contributed by atoms with Crippen LogP contribution in [0.15, 0.2) is 4.47 Å². The Kier molecular flexibility index (Phi) is 7.27. The molecule has 108 valence electrons. The minimum Gasteiger partial charge on any atom is -0.382 e. The molecule has 1 rings (SSSR count). The van der Waals surface area contributed by atoms with E-state index in [1.807, 2.05) is 7.05 Å².